The van der Waals surface area contributed by atoms with Crippen molar-refractivity contribution in [3.05, 3.63) is 58.3 Å². The number of nitrogen functional groups attached to an aromatic ring is 1. The Morgan fingerprint density at radius 3 is 2.63 bits per heavy atom. The summed E-state index contributed by atoms with van der Waals surface area (Å²) in [6.45, 7) is 0. The highest BCUT2D eigenvalue weighted by Gasteiger charge is 2.04. The molecule has 0 bridgehead atoms. The van der Waals surface area contributed by atoms with Gasteiger partial charge in [-0.05, 0) is 24.3 Å². The van der Waals surface area contributed by atoms with E-state index < -0.39 is 4.92 Å². The number of hydrazine groups is 1. The summed E-state index contributed by atoms with van der Waals surface area (Å²) < 4.78 is 0. The van der Waals surface area contributed by atoms with Crippen LogP contribution in [-0.2, 0) is 5.75 Å². The lowest BCUT2D eigenvalue weighted by atomic mass is 10.3. The first kappa shape index (κ1) is 13.3. The van der Waals surface area contributed by atoms with Gasteiger partial charge in [0.15, 0.2) is 0 Å². The second-order valence-electron chi connectivity index (χ2n) is 3.70. The van der Waals surface area contributed by atoms with Gasteiger partial charge < -0.3 is 5.43 Å². The summed E-state index contributed by atoms with van der Waals surface area (Å²) in [6.07, 6.45) is 0. The van der Waals surface area contributed by atoms with Gasteiger partial charge in [0.2, 0.25) is 0 Å². The Hall–Kier alpha value is -2.12. The van der Waals surface area contributed by atoms with Gasteiger partial charge in [0.25, 0.3) is 5.69 Å². The predicted molar refractivity (Wildman–Crippen MR) is 74.7 cm³/mol. The van der Waals surface area contributed by atoms with E-state index in [0.717, 1.165) is 10.6 Å². The Bertz CT molecular complexity index is 574. The normalized spacial score (nSPS) is 10.2. The van der Waals surface area contributed by atoms with Crippen molar-refractivity contribution in [1.29, 1.82) is 0 Å². The molecule has 0 aliphatic heterocycles. The Labute approximate surface area is 114 Å². The van der Waals surface area contributed by atoms with Crippen molar-refractivity contribution < 1.29 is 4.92 Å². The van der Waals surface area contributed by atoms with Gasteiger partial charge in [0.1, 0.15) is 5.82 Å². The molecule has 0 unspecified atom stereocenters. The van der Waals surface area contributed by atoms with Crippen LogP contribution in [0.25, 0.3) is 0 Å². The molecule has 19 heavy (non-hydrogen) atoms. The molecule has 1 heterocycles. The predicted octanol–water partition coefficient (Wildman–Crippen LogP) is 2.57. The molecule has 0 aliphatic rings. The molecular formula is C12H12N4O2S. The minimum Gasteiger partial charge on any atom is -0.308 e. The number of hydrogen-bond donors (Lipinski definition) is 2. The SMILES string of the molecule is NNc1cccc(CSc2ccc([N+](=O)[O-])cc2)n1. The zero-order chi connectivity index (χ0) is 13.7. The summed E-state index contributed by atoms with van der Waals surface area (Å²) in [6, 6.07) is 12.0. The number of hydrogen-bond acceptors (Lipinski definition) is 6. The van der Waals surface area contributed by atoms with Crippen molar-refractivity contribution in [3.8, 4) is 0 Å². The van der Waals surface area contributed by atoms with Crippen LogP contribution >= 0.6 is 11.8 Å². The van der Waals surface area contributed by atoms with Crippen molar-refractivity contribution in [2.24, 2.45) is 5.84 Å². The maximum Gasteiger partial charge on any atom is 0.269 e. The van der Waals surface area contributed by atoms with E-state index in [-0.39, 0.29) is 5.69 Å². The number of nitro groups is 1. The van der Waals surface area contributed by atoms with Crippen LogP contribution in [-0.4, -0.2) is 9.91 Å². The number of nitrogens with two attached hydrogens (primary N) is 1. The van der Waals surface area contributed by atoms with Crippen LogP contribution < -0.4 is 11.3 Å². The number of benzene rings is 1. The van der Waals surface area contributed by atoms with Crippen LogP contribution in [0.2, 0.25) is 0 Å². The lowest BCUT2D eigenvalue weighted by Crippen LogP contribution is -2.08. The molecule has 2 rings (SSSR count). The largest absolute Gasteiger partial charge is 0.308 e. The molecule has 0 fully saturated rings. The van der Waals surface area contributed by atoms with E-state index in [0.29, 0.717) is 11.6 Å². The fourth-order valence-corrected chi connectivity index (χ4v) is 2.27. The molecule has 7 heteroatoms. The van der Waals surface area contributed by atoms with Gasteiger partial charge in [-0.25, -0.2) is 10.8 Å². The van der Waals surface area contributed by atoms with E-state index in [4.69, 9.17) is 5.84 Å². The summed E-state index contributed by atoms with van der Waals surface area (Å²) in [5, 5.41) is 10.5. The van der Waals surface area contributed by atoms with Crippen LogP contribution in [0.4, 0.5) is 11.5 Å². The second-order valence-corrected chi connectivity index (χ2v) is 4.75. The first-order chi connectivity index (χ1) is 9.19. The molecule has 1 aromatic heterocycles. The summed E-state index contributed by atoms with van der Waals surface area (Å²) in [5.74, 6) is 6.57. The molecule has 0 amide bonds. The molecule has 1 aromatic carbocycles. The van der Waals surface area contributed by atoms with E-state index in [1.54, 1.807) is 30.0 Å². The second kappa shape index (κ2) is 6.17. The van der Waals surface area contributed by atoms with Gasteiger partial charge >= 0.3 is 0 Å². The average molecular weight is 276 g/mol. The Balaban J connectivity index is 1.99. The van der Waals surface area contributed by atoms with E-state index in [2.05, 4.69) is 10.4 Å². The van der Waals surface area contributed by atoms with Gasteiger partial charge in [-0.3, -0.25) is 10.1 Å². The highest BCUT2D eigenvalue weighted by Crippen LogP contribution is 2.24. The number of rotatable bonds is 5. The van der Waals surface area contributed by atoms with Gasteiger partial charge in [-0.1, -0.05) is 6.07 Å². The number of pyridine rings is 1. The van der Waals surface area contributed by atoms with Crippen molar-refractivity contribution >= 4 is 23.3 Å². The number of aromatic nitrogens is 1. The van der Waals surface area contributed by atoms with Crippen LogP contribution in [0.5, 0.6) is 0 Å². The first-order valence-corrected chi connectivity index (χ1v) is 6.47. The van der Waals surface area contributed by atoms with Gasteiger partial charge in [0.05, 0.1) is 10.6 Å². The zero-order valence-corrected chi connectivity index (χ0v) is 10.8. The smallest absolute Gasteiger partial charge is 0.269 e. The fraction of sp³-hybridized carbons (Fsp3) is 0.0833. The molecule has 0 saturated carbocycles. The van der Waals surface area contributed by atoms with Crippen LogP contribution in [0.1, 0.15) is 5.69 Å². The summed E-state index contributed by atoms with van der Waals surface area (Å²) >= 11 is 1.56. The van der Waals surface area contributed by atoms with Gasteiger partial charge in [-0.15, -0.1) is 11.8 Å². The van der Waals surface area contributed by atoms with E-state index >= 15 is 0 Å². The minimum atomic E-state index is -0.410. The molecule has 0 atom stereocenters. The summed E-state index contributed by atoms with van der Waals surface area (Å²) in [7, 11) is 0. The Kier molecular flexibility index (Phi) is 4.32. The highest BCUT2D eigenvalue weighted by molar-refractivity contribution is 7.98. The van der Waals surface area contributed by atoms with Crippen LogP contribution in [0.15, 0.2) is 47.4 Å². The molecule has 3 N–H and O–H groups in total. The number of nitrogens with zero attached hydrogens (tertiary/aromatic N) is 2. The number of non-ortho nitro benzene ring substituents is 1. The van der Waals surface area contributed by atoms with Gasteiger partial charge in [-0.2, -0.15) is 0 Å². The van der Waals surface area contributed by atoms with Crippen molar-refractivity contribution in [1.82, 2.24) is 4.98 Å². The standard InChI is InChI=1S/C12H12N4O2S/c13-15-12-3-1-2-9(14-12)8-19-11-6-4-10(5-7-11)16(17)18/h1-7H,8,13H2,(H,14,15). The molecular weight excluding hydrogens is 264 g/mol. The average Bonchev–Trinajstić information content (AvgIpc) is 2.46. The number of nitro benzene ring substituents is 1. The summed E-state index contributed by atoms with van der Waals surface area (Å²) in [5.41, 5.74) is 3.47. The quantitative estimate of drug-likeness (QED) is 0.377. The number of anilines is 1. The monoisotopic (exact) mass is 276 g/mol. The lowest BCUT2D eigenvalue weighted by Gasteiger charge is -2.03. The van der Waals surface area contributed by atoms with Crippen molar-refractivity contribution in [3.63, 3.8) is 0 Å². The Morgan fingerprint density at radius 2 is 2.00 bits per heavy atom. The van der Waals surface area contributed by atoms with Crippen molar-refractivity contribution in [2.75, 3.05) is 5.43 Å². The molecule has 0 spiro atoms. The van der Waals surface area contributed by atoms with Crippen molar-refractivity contribution in [2.45, 2.75) is 10.6 Å². The molecule has 6 nitrogen and oxygen atoms in total. The van der Waals surface area contributed by atoms with Gasteiger partial charge in [0, 0.05) is 22.8 Å². The molecule has 98 valence electrons. The number of nitrogens with one attached hydrogen (secondary N) is 1. The van der Waals surface area contributed by atoms with E-state index in [1.807, 2.05) is 12.1 Å². The Morgan fingerprint density at radius 1 is 1.26 bits per heavy atom. The fourth-order valence-electron chi connectivity index (χ4n) is 1.46. The zero-order valence-electron chi connectivity index (χ0n) is 9.95. The van der Waals surface area contributed by atoms with E-state index in [1.165, 1.54) is 12.1 Å². The summed E-state index contributed by atoms with van der Waals surface area (Å²) in [4.78, 5) is 15.4. The van der Waals surface area contributed by atoms with Crippen LogP contribution in [0.3, 0.4) is 0 Å². The van der Waals surface area contributed by atoms with E-state index in [9.17, 15) is 10.1 Å². The van der Waals surface area contributed by atoms with Crippen LogP contribution in [0, 0.1) is 10.1 Å². The lowest BCUT2D eigenvalue weighted by molar-refractivity contribution is -0.384. The first-order valence-electron chi connectivity index (χ1n) is 5.49. The molecule has 2 aromatic rings. The number of thioether (sulfide) groups is 1. The third-order valence-corrected chi connectivity index (χ3v) is 3.43. The molecule has 0 aliphatic carbocycles. The molecule has 0 saturated heterocycles. The minimum absolute atomic E-state index is 0.0943. The highest BCUT2D eigenvalue weighted by atomic mass is 32.2. The maximum atomic E-state index is 10.5. The third-order valence-electron chi connectivity index (χ3n) is 2.39. The third kappa shape index (κ3) is 3.67. The topological polar surface area (TPSA) is 94.1 Å². The molecule has 0 radical (unpaired) electrons. The maximum absolute atomic E-state index is 10.5.